The van der Waals surface area contributed by atoms with E-state index in [1.54, 1.807) is 13.8 Å². The number of piperidine rings is 1. The summed E-state index contributed by atoms with van der Waals surface area (Å²) in [5, 5.41) is 9.30. The van der Waals surface area contributed by atoms with E-state index in [4.69, 9.17) is 0 Å². The molecule has 0 spiro atoms. The number of carbonyl (C=O) groups is 2. The molecule has 1 fully saturated rings. The lowest BCUT2D eigenvalue weighted by Gasteiger charge is -2.35. The number of hydrogen-bond donors (Lipinski definition) is 1. The average Bonchev–Trinajstić information content (AvgIpc) is 2.43. The Morgan fingerprint density at radius 3 is 1.95 bits per heavy atom. The SMILES string of the molecule is CCC(CC)(CC(=O)N1CCC(C(F)(F)F)CC1)C(=O)O. The molecule has 0 aromatic rings. The highest BCUT2D eigenvalue weighted by atomic mass is 19.4. The Hall–Kier alpha value is -1.27. The first-order valence-corrected chi connectivity index (χ1v) is 7.24. The van der Waals surface area contributed by atoms with Crippen LogP contribution in [-0.2, 0) is 9.59 Å². The van der Waals surface area contributed by atoms with Gasteiger partial charge in [-0.2, -0.15) is 13.2 Å². The smallest absolute Gasteiger partial charge is 0.391 e. The highest BCUT2D eigenvalue weighted by molar-refractivity contribution is 5.85. The minimum Gasteiger partial charge on any atom is -0.481 e. The molecule has 1 saturated heterocycles. The van der Waals surface area contributed by atoms with Gasteiger partial charge < -0.3 is 10.0 Å². The Bertz CT molecular complexity index is 383. The Morgan fingerprint density at radius 1 is 1.14 bits per heavy atom. The monoisotopic (exact) mass is 309 g/mol. The topological polar surface area (TPSA) is 57.6 Å². The maximum atomic E-state index is 12.6. The summed E-state index contributed by atoms with van der Waals surface area (Å²) in [6.45, 7) is 3.51. The lowest BCUT2D eigenvalue weighted by Crippen LogP contribution is -2.45. The van der Waals surface area contributed by atoms with E-state index in [0.717, 1.165) is 0 Å². The number of aliphatic carboxylic acids is 1. The van der Waals surface area contributed by atoms with Crippen molar-refractivity contribution in [1.29, 1.82) is 0 Å². The zero-order valence-corrected chi connectivity index (χ0v) is 12.4. The van der Waals surface area contributed by atoms with E-state index in [9.17, 15) is 27.9 Å². The van der Waals surface area contributed by atoms with E-state index in [1.165, 1.54) is 4.90 Å². The highest BCUT2D eigenvalue weighted by Gasteiger charge is 2.43. The average molecular weight is 309 g/mol. The fourth-order valence-electron chi connectivity index (χ4n) is 2.74. The lowest BCUT2D eigenvalue weighted by molar-refractivity contribution is -0.186. The van der Waals surface area contributed by atoms with Crippen LogP contribution >= 0.6 is 0 Å². The molecule has 1 aliphatic heterocycles. The Kier molecular flexibility index (Phi) is 5.64. The molecule has 7 heteroatoms. The number of halogens is 3. The molecular formula is C14H22F3NO3. The van der Waals surface area contributed by atoms with Crippen molar-refractivity contribution in [3.8, 4) is 0 Å². The van der Waals surface area contributed by atoms with Crippen LogP contribution in [0.5, 0.6) is 0 Å². The molecule has 1 amide bonds. The molecule has 1 rings (SSSR count). The summed E-state index contributed by atoms with van der Waals surface area (Å²) in [5.74, 6) is -2.74. The minimum atomic E-state index is -4.22. The van der Waals surface area contributed by atoms with Crippen molar-refractivity contribution in [2.45, 2.75) is 52.1 Å². The standard InChI is InChI=1S/C14H22F3NO3/c1-3-13(4-2,12(20)21)9-11(19)18-7-5-10(6-8-18)14(15,16)17/h10H,3-9H2,1-2H3,(H,20,21). The number of hydrogen-bond acceptors (Lipinski definition) is 2. The van der Waals surface area contributed by atoms with Gasteiger partial charge in [0.15, 0.2) is 0 Å². The molecule has 0 saturated carbocycles. The molecule has 0 aromatic heterocycles. The lowest BCUT2D eigenvalue weighted by atomic mass is 9.78. The molecule has 4 nitrogen and oxygen atoms in total. The van der Waals surface area contributed by atoms with Crippen LogP contribution in [0.15, 0.2) is 0 Å². The van der Waals surface area contributed by atoms with E-state index in [0.29, 0.717) is 12.8 Å². The van der Waals surface area contributed by atoms with Gasteiger partial charge in [-0.05, 0) is 25.7 Å². The van der Waals surface area contributed by atoms with Gasteiger partial charge in [0, 0.05) is 19.5 Å². The van der Waals surface area contributed by atoms with Crippen molar-refractivity contribution in [2.24, 2.45) is 11.3 Å². The predicted octanol–water partition coefficient (Wildman–Crippen LogP) is 3.07. The normalized spacial score (nSPS) is 17.9. The fourth-order valence-corrected chi connectivity index (χ4v) is 2.74. The zero-order chi connectivity index (χ0) is 16.3. The van der Waals surface area contributed by atoms with Gasteiger partial charge in [0.1, 0.15) is 0 Å². The van der Waals surface area contributed by atoms with Crippen molar-refractivity contribution in [2.75, 3.05) is 13.1 Å². The second kappa shape index (κ2) is 6.66. The maximum Gasteiger partial charge on any atom is 0.391 e. The van der Waals surface area contributed by atoms with Crippen molar-refractivity contribution >= 4 is 11.9 Å². The summed E-state index contributed by atoms with van der Waals surface area (Å²) in [6, 6.07) is 0. The number of amides is 1. The van der Waals surface area contributed by atoms with Crippen LogP contribution in [0.2, 0.25) is 0 Å². The first kappa shape index (κ1) is 17.8. The third kappa shape index (κ3) is 4.11. The molecule has 0 aromatic carbocycles. The predicted molar refractivity (Wildman–Crippen MR) is 70.6 cm³/mol. The van der Waals surface area contributed by atoms with Crippen molar-refractivity contribution < 1.29 is 27.9 Å². The van der Waals surface area contributed by atoms with Crippen LogP contribution in [0.3, 0.4) is 0 Å². The number of carboxylic acid groups (broad SMARTS) is 1. The number of carboxylic acids is 1. The maximum absolute atomic E-state index is 12.6. The third-order valence-corrected chi connectivity index (χ3v) is 4.61. The molecule has 0 radical (unpaired) electrons. The van der Waals surface area contributed by atoms with E-state index in [2.05, 4.69) is 0 Å². The molecule has 1 N–H and O–H groups in total. The van der Waals surface area contributed by atoms with Crippen LogP contribution in [0, 0.1) is 11.3 Å². The Labute approximate surface area is 122 Å². The van der Waals surface area contributed by atoms with Gasteiger partial charge in [-0.3, -0.25) is 9.59 Å². The summed E-state index contributed by atoms with van der Waals surface area (Å²) >= 11 is 0. The van der Waals surface area contributed by atoms with E-state index in [-0.39, 0.29) is 38.3 Å². The molecule has 122 valence electrons. The first-order valence-electron chi connectivity index (χ1n) is 7.24. The zero-order valence-electron chi connectivity index (χ0n) is 12.4. The van der Waals surface area contributed by atoms with Gasteiger partial charge in [-0.1, -0.05) is 13.8 Å². The molecular weight excluding hydrogens is 287 g/mol. The van der Waals surface area contributed by atoms with Gasteiger partial charge in [-0.25, -0.2) is 0 Å². The number of carbonyl (C=O) groups excluding carboxylic acids is 1. The Balaban J connectivity index is 2.64. The van der Waals surface area contributed by atoms with Crippen LogP contribution < -0.4 is 0 Å². The molecule has 1 aliphatic rings. The summed E-state index contributed by atoms with van der Waals surface area (Å²) < 4.78 is 37.7. The van der Waals surface area contributed by atoms with Crippen LogP contribution in [-0.4, -0.2) is 41.1 Å². The second-order valence-electron chi connectivity index (χ2n) is 5.67. The van der Waals surface area contributed by atoms with E-state index in [1.807, 2.05) is 0 Å². The van der Waals surface area contributed by atoms with Crippen LogP contribution in [0.4, 0.5) is 13.2 Å². The minimum absolute atomic E-state index is 0.0478. The van der Waals surface area contributed by atoms with Gasteiger partial charge in [0.05, 0.1) is 11.3 Å². The molecule has 0 unspecified atom stereocenters. The second-order valence-corrected chi connectivity index (χ2v) is 5.67. The van der Waals surface area contributed by atoms with Crippen LogP contribution in [0.25, 0.3) is 0 Å². The largest absolute Gasteiger partial charge is 0.481 e. The molecule has 0 aliphatic carbocycles. The number of nitrogens with zero attached hydrogens (tertiary/aromatic N) is 1. The number of alkyl halides is 3. The molecule has 1 heterocycles. The van der Waals surface area contributed by atoms with E-state index >= 15 is 0 Å². The van der Waals surface area contributed by atoms with Crippen LogP contribution in [0.1, 0.15) is 46.0 Å². The molecule has 0 bridgehead atoms. The van der Waals surface area contributed by atoms with Crippen molar-refractivity contribution in [3.05, 3.63) is 0 Å². The van der Waals surface area contributed by atoms with Gasteiger partial charge >= 0.3 is 12.1 Å². The van der Waals surface area contributed by atoms with Gasteiger partial charge in [0.25, 0.3) is 0 Å². The summed E-state index contributed by atoms with van der Waals surface area (Å²) in [6.07, 6.45) is -3.92. The van der Waals surface area contributed by atoms with Crippen molar-refractivity contribution in [3.63, 3.8) is 0 Å². The summed E-state index contributed by atoms with van der Waals surface area (Å²) in [5.41, 5.74) is -1.11. The quantitative estimate of drug-likeness (QED) is 0.849. The number of likely N-dealkylation sites (tertiary alicyclic amines) is 1. The highest BCUT2D eigenvalue weighted by Crippen LogP contribution is 2.36. The summed E-state index contributed by atoms with van der Waals surface area (Å²) in [7, 11) is 0. The van der Waals surface area contributed by atoms with E-state index < -0.39 is 23.5 Å². The van der Waals surface area contributed by atoms with Gasteiger partial charge in [0.2, 0.25) is 5.91 Å². The Morgan fingerprint density at radius 2 is 1.62 bits per heavy atom. The summed E-state index contributed by atoms with van der Waals surface area (Å²) in [4.78, 5) is 24.9. The van der Waals surface area contributed by atoms with Gasteiger partial charge in [-0.15, -0.1) is 0 Å². The molecule has 0 atom stereocenters. The van der Waals surface area contributed by atoms with Crippen molar-refractivity contribution in [1.82, 2.24) is 4.90 Å². The fraction of sp³-hybridized carbons (Fsp3) is 0.857. The number of rotatable bonds is 5. The molecule has 21 heavy (non-hydrogen) atoms. The third-order valence-electron chi connectivity index (χ3n) is 4.61. The first-order chi connectivity index (χ1) is 9.66.